The predicted molar refractivity (Wildman–Crippen MR) is 61.7 cm³/mol. The van der Waals surface area contributed by atoms with Crippen LogP contribution in [-0.2, 0) is 18.9 Å². The molecule has 104 valence electrons. The van der Waals surface area contributed by atoms with Gasteiger partial charge in [-0.2, -0.15) is 0 Å². The van der Waals surface area contributed by atoms with Crippen molar-refractivity contribution < 1.29 is 24.1 Å². The Bertz CT molecular complexity index is 346. The highest BCUT2D eigenvalue weighted by Crippen LogP contribution is 2.43. The summed E-state index contributed by atoms with van der Waals surface area (Å²) in [6, 6.07) is 0. The van der Waals surface area contributed by atoms with Crippen molar-refractivity contribution in [3.8, 4) is 0 Å². The summed E-state index contributed by atoms with van der Waals surface area (Å²) in [4.78, 5) is 0. The summed E-state index contributed by atoms with van der Waals surface area (Å²) in [5.41, 5.74) is -1.17. The zero-order chi connectivity index (χ0) is 13.2. The molecule has 3 saturated heterocycles. The van der Waals surface area contributed by atoms with Crippen molar-refractivity contribution >= 4 is 0 Å². The third-order valence-electron chi connectivity index (χ3n) is 3.78. The van der Waals surface area contributed by atoms with Crippen LogP contribution in [0.15, 0.2) is 0 Å². The molecule has 18 heavy (non-hydrogen) atoms. The molecular weight excluding hydrogens is 238 g/mol. The minimum atomic E-state index is -0.776. The first-order chi connectivity index (χ1) is 8.23. The lowest BCUT2D eigenvalue weighted by Gasteiger charge is -2.43. The van der Waals surface area contributed by atoms with E-state index in [0.717, 1.165) is 0 Å². The van der Waals surface area contributed by atoms with E-state index in [1.807, 2.05) is 27.7 Å². The molecular formula is C12H21NO5. The van der Waals surface area contributed by atoms with Crippen LogP contribution in [0.1, 0.15) is 27.7 Å². The molecule has 0 aromatic carbocycles. The summed E-state index contributed by atoms with van der Waals surface area (Å²) in [5.74, 6) is -0.708. The lowest BCUT2D eigenvalue weighted by Crippen LogP contribution is -2.64. The van der Waals surface area contributed by atoms with Crippen molar-refractivity contribution in [3.63, 3.8) is 0 Å². The number of hydrogen-bond acceptors (Lipinski definition) is 6. The van der Waals surface area contributed by atoms with Gasteiger partial charge in [0.1, 0.15) is 23.5 Å². The zero-order valence-corrected chi connectivity index (χ0v) is 11.2. The fraction of sp³-hybridized carbons (Fsp3) is 1.00. The lowest BCUT2D eigenvalue weighted by molar-refractivity contribution is -0.268. The van der Waals surface area contributed by atoms with Gasteiger partial charge in [0.15, 0.2) is 12.1 Å². The van der Waals surface area contributed by atoms with E-state index in [9.17, 15) is 5.11 Å². The van der Waals surface area contributed by atoms with Gasteiger partial charge in [0.25, 0.3) is 0 Å². The molecule has 0 saturated carbocycles. The Balaban J connectivity index is 1.75. The first kappa shape index (κ1) is 12.8. The van der Waals surface area contributed by atoms with Gasteiger partial charge in [-0.1, -0.05) is 0 Å². The minimum absolute atomic E-state index is 0.328. The standard InChI is InChI=1S/C12H21NO5/c1-10(2)13-5-12(6-15-10)8(14)7-9(18-12)17-11(3,4)16-7/h7-9,13-14H,5-6H2,1-4H3. The molecule has 3 heterocycles. The second kappa shape index (κ2) is 3.65. The van der Waals surface area contributed by atoms with Crippen molar-refractivity contribution in [1.82, 2.24) is 5.32 Å². The molecule has 0 aliphatic carbocycles. The molecule has 0 radical (unpaired) electrons. The highest BCUT2D eigenvalue weighted by Gasteiger charge is 2.62. The fourth-order valence-corrected chi connectivity index (χ4v) is 2.70. The van der Waals surface area contributed by atoms with Crippen LogP contribution in [0.25, 0.3) is 0 Å². The summed E-state index contributed by atoms with van der Waals surface area (Å²) in [5, 5.41) is 13.6. The van der Waals surface area contributed by atoms with Crippen molar-refractivity contribution in [2.45, 2.75) is 63.3 Å². The highest BCUT2D eigenvalue weighted by molar-refractivity contribution is 5.06. The maximum Gasteiger partial charge on any atom is 0.190 e. The Labute approximate surface area is 107 Å². The maximum absolute atomic E-state index is 10.4. The number of aliphatic hydroxyl groups is 1. The predicted octanol–water partition coefficient (Wildman–Crippen LogP) is -0.0502. The van der Waals surface area contributed by atoms with E-state index in [0.29, 0.717) is 13.2 Å². The van der Waals surface area contributed by atoms with E-state index < -0.39 is 35.6 Å². The second-order valence-corrected chi connectivity index (χ2v) is 6.25. The molecule has 3 rings (SSSR count). The molecule has 2 N–H and O–H groups in total. The van der Waals surface area contributed by atoms with Gasteiger partial charge < -0.3 is 24.1 Å². The summed E-state index contributed by atoms with van der Waals surface area (Å²) < 4.78 is 22.9. The van der Waals surface area contributed by atoms with Gasteiger partial charge in [-0.15, -0.1) is 0 Å². The smallest absolute Gasteiger partial charge is 0.190 e. The van der Waals surface area contributed by atoms with Crippen molar-refractivity contribution in [1.29, 1.82) is 0 Å². The number of hydrogen-bond donors (Lipinski definition) is 2. The molecule has 0 aromatic heterocycles. The molecule has 0 amide bonds. The van der Waals surface area contributed by atoms with E-state index in [1.165, 1.54) is 0 Å². The summed E-state index contributed by atoms with van der Waals surface area (Å²) in [6.07, 6.45) is -1.74. The maximum atomic E-state index is 10.4. The Morgan fingerprint density at radius 3 is 2.39 bits per heavy atom. The molecule has 1 spiro atoms. The van der Waals surface area contributed by atoms with Gasteiger partial charge in [0.05, 0.1) is 6.61 Å². The van der Waals surface area contributed by atoms with E-state index in [-0.39, 0.29) is 0 Å². The normalized spacial score (nSPS) is 49.5. The fourth-order valence-electron chi connectivity index (χ4n) is 2.70. The monoisotopic (exact) mass is 259 g/mol. The highest BCUT2D eigenvalue weighted by atomic mass is 16.8. The third kappa shape index (κ3) is 1.88. The molecule has 4 atom stereocenters. The second-order valence-electron chi connectivity index (χ2n) is 6.25. The number of ether oxygens (including phenoxy) is 4. The van der Waals surface area contributed by atoms with Gasteiger partial charge >= 0.3 is 0 Å². The molecule has 3 fully saturated rings. The topological polar surface area (TPSA) is 69.2 Å². The van der Waals surface area contributed by atoms with Crippen LogP contribution >= 0.6 is 0 Å². The van der Waals surface area contributed by atoms with E-state index in [4.69, 9.17) is 18.9 Å². The Morgan fingerprint density at radius 2 is 1.83 bits per heavy atom. The molecule has 0 aromatic rings. The van der Waals surface area contributed by atoms with Crippen molar-refractivity contribution in [2.24, 2.45) is 0 Å². The van der Waals surface area contributed by atoms with Crippen LogP contribution in [-0.4, -0.2) is 53.9 Å². The van der Waals surface area contributed by atoms with Crippen LogP contribution in [0, 0.1) is 0 Å². The largest absolute Gasteiger partial charge is 0.387 e. The Morgan fingerprint density at radius 1 is 1.11 bits per heavy atom. The van der Waals surface area contributed by atoms with Gasteiger partial charge in [0, 0.05) is 6.54 Å². The SMILES string of the molecule is CC1(C)NCC2(CO1)OC1OC(C)(C)OC1C2O. The van der Waals surface area contributed by atoms with Crippen LogP contribution in [0.4, 0.5) is 0 Å². The Kier molecular flexibility index (Phi) is 2.59. The van der Waals surface area contributed by atoms with Gasteiger partial charge in [0.2, 0.25) is 0 Å². The molecule has 6 nitrogen and oxygen atoms in total. The average Bonchev–Trinajstić information content (AvgIpc) is 2.66. The first-order valence-electron chi connectivity index (χ1n) is 6.34. The van der Waals surface area contributed by atoms with Crippen LogP contribution < -0.4 is 5.32 Å². The third-order valence-corrected chi connectivity index (χ3v) is 3.78. The number of aliphatic hydroxyl groups excluding tert-OH is 1. The average molecular weight is 259 g/mol. The van der Waals surface area contributed by atoms with Gasteiger partial charge in [-0.3, -0.25) is 5.32 Å². The van der Waals surface area contributed by atoms with Crippen molar-refractivity contribution in [2.75, 3.05) is 13.2 Å². The number of fused-ring (bicyclic) bond motifs is 1. The zero-order valence-electron chi connectivity index (χ0n) is 11.2. The number of rotatable bonds is 0. The quantitative estimate of drug-likeness (QED) is 0.635. The lowest BCUT2D eigenvalue weighted by atomic mass is 9.94. The summed E-state index contributed by atoms with van der Waals surface area (Å²) in [6.45, 7) is 8.35. The first-order valence-corrected chi connectivity index (χ1v) is 6.34. The van der Waals surface area contributed by atoms with Gasteiger partial charge in [-0.05, 0) is 27.7 Å². The van der Waals surface area contributed by atoms with E-state index in [2.05, 4.69) is 5.32 Å². The summed E-state index contributed by atoms with van der Waals surface area (Å²) >= 11 is 0. The minimum Gasteiger partial charge on any atom is -0.387 e. The molecule has 3 aliphatic rings. The Hall–Kier alpha value is -0.240. The number of nitrogens with one attached hydrogen (secondary N) is 1. The van der Waals surface area contributed by atoms with Crippen LogP contribution in [0.2, 0.25) is 0 Å². The van der Waals surface area contributed by atoms with Gasteiger partial charge in [-0.25, -0.2) is 0 Å². The van der Waals surface area contributed by atoms with E-state index in [1.54, 1.807) is 0 Å². The molecule has 4 unspecified atom stereocenters. The molecule has 0 bridgehead atoms. The van der Waals surface area contributed by atoms with Crippen molar-refractivity contribution in [3.05, 3.63) is 0 Å². The summed E-state index contributed by atoms with van der Waals surface area (Å²) in [7, 11) is 0. The molecule has 3 aliphatic heterocycles. The van der Waals surface area contributed by atoms with E-state index >= 15 is 0 Å². The molecule has 6 heteroatoms. The van der Waals surface area contributed by atoms with Crippen LogP contribution in [0.5, 0.6) is 0 Å². The van der Waals surface area contributed by atoms with Crippen LogP contribution in [0.3, 0.4) is 0 Å².